The minimum Gasteiger partial charge on any atom is -0.480 e. The number of morpholine rings is 1. The number of carbonyl (C=O) groups excluding carboxylic acids is 1. The van der Waals surface area contributed by atoms with E-state index in [1.807, 2.05) is 0 Å². The van der Waals surface area contributed by atoms with Gasteiger partial charge in [0.05, 0.1) is 13.2 Å². The van der Waals surface area contributed by atoms with Crippen molar-refractivity contribution in [2.24, 2.45) is 0 Å². The Morgan fingerprint density at radius 3 is 2.65 bits per heavy atom. The Morgan fingerprint density at radius 2 is 2.05 bits per heavy atom. The second kappa shape index (κ2) is 6.90. The number of rotatable bonds is 4. The molecule has 2 amide bonds. The van der Waals surface area contributed by atoms with E-state index in [4.69, 9.17) is 9.84 Å². The van der Waals surface area contributed by atoms with E-state index in [1.165, 1.54) is 0 Å². The van der Waals surface area contributed by atoms with Gasteiger partial charge in [0.15, 0.2) is 0 Å². The highest BCUT2D eigenvalue weighted by Crippen LogP contribution is 2.17. The van der Waals surface area contributed by atoms with Crippen molar-refractivity contribution >= 4 is 12.0 Å². The van der Waals surface area contributed by atoms with Gasteiger partial charge in [-0.15, -0.1) is 0 Å². The second-order valence-corrected chi connectivity index (χ2v) is 5.29. The number of carbonyl (C=O) groups is 2. The number of hydrogen-bond donors (Lipinski definition) is 2. The summed E-state index contributed by atoms with van der Waals surface area (Å²) < 4.78 is 5.33. The van der Waals surface area contributed by atoms with Crippen LogP contribution in [0, 0.1) is 0 Å². The van der Waals surface area contributed by atoms with Crippen molar-refractivity contribution in [3.8, 4) is 0 Å². The van der Waals surface area contributed by atoms with E-state index in [2.05, 4.69) is 10.2 Å². The highest BCUT2D eigenvalue weighted by atomic mass is 16.5. The lowest BCUT2D eigenvalue weighted by molar-refractivity contribution is -0.139. The summed E-state index contributed by atoms with van der Waals surface area (Å²) in [5.41, 5.74) is 0. The minimum atomic E-state index is -0.982. The van der Waals surface area contributed by atoms with Crippen molar-refractivity contribution in [3.63, 3.8) is 0 Å². The van der Waals surface area contributed by atoms with E-state index in [0.29, 0.717) is 25.6 Å². The molecule has 0 saturated carbocycles. The van der Waals surface area contributed by atoms with Gasteiger partial charge in [-0.25, -0.2) is 9.59 Å². The maximum absolute atomic E-state index is 12.1. The fourth-order valence-corrected chi connectivity index (χ4v) is 2.75. The maximum Gasteiger partial charge on any atom is 0.326 e. The van der Waals surface area contributed by atoms with Crippen LogP contribution in [0.15, 0.2) is 0 Å². The molecule has 2 N–H and O–H groups in total. The predicted octanol–water partition coefficient (Wildman–Crippen LogP) is -0.0343. The van der Waals surface area contributed by atoms with E-state index in [1.54, 1.807) is 11.8 Å². The molecule has 20 heavy (non-hydrogen) atoms. The molecule has 0 bridgehead atoms. The van der Waals surface area contributed by atoms with Crippen LogP contribution in [-0.2, 0) is 9.53 Å². The number of amides is 2. The van der Waals surface area contributed by atoms with Crippen LogP contribution in [0.3, 0.4) is 0 Å². The molecular formula is C13H23N3O4. The molecule has 7 heteroatoms. The highest BCUT2D eigenvalue weighted by Gasteiger charge is 2.32. The van der Waals surface area contributed by atoms with Crippen LogP contribution in [0.1, 0.15) is 19.8 Å². The fourth-order valence-electron chi connectivity index (χ4n) is 2.75. The van der Waals surface area contributed by atoms with Gasteiger partial charge >= 0.3 is 12.0 Å². The summed E-state index contributed by atoms with van der Waals surface area (Å²) in [6.45, 7) is 6.42. The number of ether oxygens (including phenoxy) is 1. The smallest absolute Gasteiger partial charge is 0.326 e. The Kier molecular flexibility index (Phi) is 5.19. The second-order valence-electron chi connectivity index (χ2n) is 5.29. The summed E-state index contributed by atoms with van der Waals surface area (Å²) in [7, 11) is 0. The van der Waals surface area contributed by atoms with Gasteiger partial charge in [0.25, 0.3) is 0 Å². The number of likely N-dealkylation sites (tertiary alicyclic amines) is 1. The molecule has 2 unspecified atom stereocenters. The van der Waals surface area contributed by atoms with Crippen LogP contribution in [0.25, 0.3) is 0 Å². The first-order chi connectivity index (χ1) is 9.61. The zero-order valence-corrected chi connectivity index (χ0v) is 11.9. The molecule has 0 aromatic carbocycles. The lowest BCUT2D eigenvalue weighted by atomic mass is 10.2. The first-order valence-electron chi connectivity index (χ1n) is 7.22. The summed E-state index contributed by atoms with van der Waals surface area (Å²) in [4.78, 5) is 27.1. The van der Waals surface area contributed by atoms with E-state index < -0.39 is 12.0 Å². The lowest BCUT2D eigenvalue weighted by Crippen LogP contribution is -2.49. The van der Waals surface area contributed by atoms with Gasteiger partial charge in [0.2, 0.25) is 0 Å². The lowest BCUT2D eigenvalue weighted by Gasteiger charge is -2.32. The quantitative estimate of drug-likeness (QED) is 0.758. The number of hydrogen-bond acceptors (Lipinski definition) is 4. The molecule has 7 nitrogen and oxygen atoms in total. The van der Waals surface area contributed by atoms with Crippen LogP contribution in [0.4, 0.5) is 4.79 Å². The van der Waals surface area contributed by atoms with Gasteiger partial charge in [0.1, 0.15) is 6.04 Å². The summed E-state index contributed by atoms with van der Waals surface area (Å²) in [5.74, 6) is -0.982. The fraction of sp³-hybridized carbons (Fsp3) is 0.846. The van der Waals surface area contributed by atoms with Crippen molar-refractivity contribution in [1.29, 1.82) is 0 Å². The Hall–Kier alpha value is -1.34. The Balaban J connectivity index is 1.82. The molecule has 2 rings (SSSR count). The number of nitrogens with zero attached hydrogens (tertiary/aromatic N) is 2. The van der Waals surface area contributed by atoms with Crippen LogP contribution in [-0.4, -0.2) is 78.4 Å². The standard InChI is InChI=1S/C13H23N3O4/c1-2-11(12(17)18)14-13(19)16-4-3-10(9-16)15-5-7-20-8-6-15/h10-11H,2-9H2,1H3,(H,14,19)(H,17,18). The highest BCUT2D eigenvalue weighted by molar-refractivity contribution is 5.82. The number of aliphatic carboxylic acids is 1. The van der Waals surface area contributed by atoms with Crippen molar-refractivity contribution in [2.45, 2.75) is 31.8 Å². The van der Waals surface area contributed by atoms with Crippen LogP contribution >= 0.6 is 0 Å². The van der Waals surface area contributed by atoms with Gasteiger partial charge < -0.3 is 20.1 Å². The molecule has 0 aliphatic carbocycles. The van der Waals surface area contributed by atoms with Crippen molar-refractivity contribution in [2.75, 3.05) is 39.4 Å². The van der Waals surface area contributed by atoms with Crippen molar-refractivity contribution < 1.29 is 19.4 Å². The van der Waals surface area contributed by atoms with E-state index in [-0.39, 0.29) is 6.03 Å². The third-order valence-corrected chi connectivity index (χ3v) is 4.02. The van der Waals surface area contributed by atoms with E-state index in [9.17, 15) is 9.59 Å². The number of carboxylic acid groups (broad SMARTS) is 1. The van der Waals surface area contributed by atoms with Crippen molar-refractivity contribution in [1.82, 2.24) is 15.1 Å². The number of nitrogens with one attached hydrogen (secondary N) is 1. The zero-order valence-electron chi connectivity index (χ0n) is 11.9. The number of urea groups is 1. The average Bonchev–Trinajstić information content (AvgIpc) is 2.95. The van der Waals surface area contributed by atoms with Crippen LogP contribution in [0.5, 0.6) is 0 Å². The normalized spacial score (nSPS) is 25.4. The minimum absolute atomic E-state index is 0.269. The average molecular weight is 285 g/mol. The Morgan fingerprint density at radius 1 is 1.35 bits per heavy atom. The zero-order chi connectivity index (χ0) is 14.5. The molecule has 2 heterocycles. The molecule has 2 atom stereocenters. The molecular weight excluding hydrogens is 262 g/mol. The topological polar surface area (TPSA) is 82.1 Å². The largest absolute Gasteiger partial charge is 0.480 e. The predicted molar refractivity (Wildman–Crippen MR) is 72.6 cm³/mol. The molecule has 0 aromatic rings. The van der Waals surface area contributed by atoms with Gasteiger partial charge in [-0.3, -0.25) is 4.90 Å². The van der Waals surface area contributed by atoms with Gasteiger partial charge in [-0.1, -0.05) is 6.92 Å². The molecule has 2 aliphatic rings. The Labute approximate surface area is 118 Å². The van der Waals surface area contributed by atoms with E-state index >= 15 is 0 Å². The monoisotopic (exact) mass is 285 g/mol. The molecule has 2 fully saturated rings. The SMILES string of the molecule is CCC(NC(=O)N1CCC(N2CCOCC2)C1)C(=O)O. The van der Waals surface area contributed by atoms with Crippen molar-refractivity contribution in [3.05, 3.63) is 0 Å². The summed E-state index contributed by atoms with van der Waals surface area (Å²) >= 11 is 0. The maximum atomic E-state index is 12.1. The summed E-state index contributed by atoms with van der Waals surface area (Å²) in [6.07, 6.45) is 1.33. The first-order valence-corrected chi connectivity index (χ1v) is 7.22. The molecule has 0 spiro atoms. The van der Waals surface area contributed by atoms with Gasteiger partial charge in [-0.2, -0.15) is 0 Å². The van der Waals surface area contributed by atoms with Gasteiger partial charge in [0, 0.05) is 32.2 Å². The Bertz CT molecular complexity index is 358. The summed E-state index contributed by atoms with van der Waals surface area (Å²) in [6, 6.07) is -0.700. The molecule has 2 aliphatic heterocycles. The van der Waals surface area contributed by atoms with E-state index in [0.717, 1.165) is 32.7 Å². The molecule has 2 saturated heterocycles. The molecule has 0 radical (unpaired) electrons. The summed E-state index contributed by atoms with van der Waals surface area (Å²) in [5, 5.41) is 11.5. The molecule has 114 valence electrons. The molecule has 0 aromatic heterocycles. The third-order valence-electron chi connectivity index (χ3n) is 4.02. The van der Waals surface area contributed by atoms with Crippen LogP contribution < -0.4 is 5.32 Å². The third kappa shape index (κ3) is 3.61. The van der Waals surface area contributed by atoms with Gasteiger partial charge in [-0.05, 0) is 12.8 Å². The first kappa shape index (κ1) is 15.1. The van der Waals surface area contributed by atoms with Crippen LogP contribution in [0.2, 0.25) is 0 Å². The number of carboxylic acids is 1.